The molecule has 1 saturated heterocycles. The van der Waals surface area contributed by atoms with Gasteiger partial charge in [-0.05, 0) is 42.0 Å². The summed E-state index contributed by atoms with van der Waals surface area (Å²) in [5.74, 6) is 0.676. The van der Waals surface area contributed by atoms with Crippen LogP contribution in [-0.4, -0.2) is 34.2 Å². The van der Waals surface area contributed by atoms with Gasteiger partial charge in [-0.15, -0.1) is 5.10 Å². The Morgan fingerprint density at radius 3 is 2.80 bits per heavy atom. The van der Waals surface area contributed by atoms with E-state index in [2.05, 4.69) is 59.7 Å². The molecule has 3 aromatic rings. The van der Waals surface area contributed by atoms with Gasteiger partial charge in [-0.3, -0.25) is 5.32 Å². The fourth-order valence-corrected chi connectivity index (χ4v) is 3.71. The number of rotatable bonds is 4. The van der Waals surface area contributed by atoms with E-state index in [0.29, 0.717) is 19.0 Å². The molecule has 0 spiro atoms. The molecule has 2 aromatic carbocycles. The van der Waals surface area contributed by atoms with Crippen LogP contribution in [0.2, 0.25) is 0 Å². The van der Waals surface area contributed by atoms with Gasteiger partial charge in [-0.2, -0.15) is 0 Å². The first-order chi connectivity index (χ1) is 14.6. The highest BCUT2D eigenvalue weighted by Crippen LogP contribution is 2.26. The Morgan fingerprint density at radius 2 is 2.03 bits per heavy atom. The second-order valence-electron chi connectivity index (χ2n) is 7.62. The largest absolute Gasteiger partial charge is 0.403 e. The molecule has 0 radical (unpaired) electrons. The van der Waals surface area contributed by atoms with Crippen LogP contribution in [0.25, 0.3) is 17.5 Å². The van der Waals surface area contributed by atoms with E-state index in [1.54, 1.807) is 4.90 Å². The molecule has 0 saturated carbocycles. The lowest BCUT2D eigenvalue weighted by Crippen LogP contribution is -2.42. The zero-order valence-corrected chi connectivity index (χ0v) is 17.3. The van der Waals surface area contributed by atoms with Crippen LogP contribution in [0, 0.1) is 5.92 Å². The van der Waals surface area contributed by atoms with Gasteiger partial charge in [0.2, 0.25) is 5.89 Å². The normalized spacial score (nSPS) is 17.9. The number of hydrogen-bond acceptors (Lipinski definition) is 4. The summed E-state index contributed by atoms with van der Waals surface area (Å²) in [5.41, 5.74) is 4.76. The quantitative estimate of drug-likeness (QED) is 0.646. The van der Waals surface area contributed by atoms with Gasteiger partial charge in [-0.1, -0.05) is 73.1 Å². The first-order valence-electron chi connectivity index (χ1n) is 10.4. The molecule has 154 valence electrons. The lowest BCUT2D eigenvalue weighted by molar-refractivity contribution is 0.197. The Bertz CT molecular complexity index is 1040. The van der Waals surface area contributed by atoms with Gasteiger partial charge in [0.15, 0.2) is 0 Å². The summed E-state index contributed by atoms with van der Waals surface area (Å²) in [6, 6.07) is 18.0. The number of urea groups is 1. The Kier molecular flexibility index (Phi) is 5.93. The number of carbonyl (C=O) groups excluding carboxylic acids is 1. The monoisotopic (exact) mass is 402 g/mol. The Labute approximate surface area is 176 Å². The van der Waals surface area contributed by atoms with E-state index >= 15 is 0 Å². The number of carbonyl (C=O) groups is 1. The van der Waals surface area contributed by atoms with E-state index in [1.165, 1.54) is 16.7 Å². The molecule has 2 amide bonds. The molecule has 1 aliphatic heterocycles. The number of aromatic nitrogens is 2. The maximum atomic E-state index is 12.7. The van der Waals surface area contributed by atoms with Crippen molar-refractivity contribution in [3.8, 4) is 11.5 Å². The van der Waals surface area contributed by atoms with Crippen LogP contribution < -0.4 is 5.32 Å². The second kappa shape index (κ2) is 8.95. The van der Waals surface area contributed by atoms with Crippen LogP contribution in [0.1, 0.15) is 31.4 Å². The number of likely N-dealkylation sites (tertiary alicyclic amines) is 1. The van der Waals surface area contributed by atoms with Gasteiger partial charge in [0.05, 0.1) is 0 Å². The van der Waals surface area contributed by atoms with E-state index < -0.39 is 0 Å². The first-order valence-corrected chi connectivity index (χ1v) is 10.4. The third-order valence-electron chi connectivity index (χ3n) is 5.46. The number of aryl methyl sites for hydroxylation is 1. The molecular formula is C24H26N4O2. The average molecular weight is 402 g/mol. The molecule has 1 aromatic heterocycles. The van der Waals surface area contributed by atoms with Crippen molar-refractivity contribution < 1.29 is 9.21 Å². The molecule has 1 N–H and O–H groups in total. The minimum Gasteiger partial charge on any atom is -0.403 e. The maximum Gasteiger partial charge on any atom is 0.325 e. The van der Waals surface area contributed by atoms with Crippen molar-refractivity contribution in [3.05, 3.63) is 71.3 Å². The molecule has 30 heavy (non-hydrogen) atoms. The van der Waals surface area contributed by atoms with Crippen molar-refractivity contribution in [1.29, 1.82) is 0 Å². The minimum absolute atomic E-state index is 0.115. The van der Waals surface area contributed by atoms with Crippen molar-refractivity contribution >= 4 is 18.1 Å². The Hall–Kier alpha value is -3.41. The Morgan fingerprint density at radius 1 is 1.20 bits per heavy atom. The minimum atomic E-state index is -0.211. The highest BCUT2D eigenvalue weighted by Gasteiger charge is 2.25. The predicted octanol–water partition coefficient (Wildman–Crippen LogP) is 5.26. The first kappa shape index (κ1) is 19.9. The van der Waals surface area contributed by atoms with Crippen molar-refractivity contribution in [2.75, 3.05) is 18.4 Å². The van der Waals surface area contributed by atoms with Crippen LogP contribution in [0.5, 0.6) is 0 Å². The van der Waals surface area contributed by atoms with Gasteiger partial charge >= 0.3 is 12.0 Å². The number of amides is 2. The molecule has 1 atom stereocenters. The number of piperidine rings is 1. The van der Waals surface area contributed by atoms with Crippen molar-refractivity contribution in [2.24, 2.45) is 5.92 Å². The van der Waals surface area contributed by atoms with Gasteiger partial charge in [-0.25, -0.2) is 4.79 Å². The average Bonchev–Trinajstić information content (AvgIpc) is 3.24. The molecule has 6 heteroatoms. The zero-order valence-electron chi connectivity index (χ0n) is 17.3. The number of hydrogen-bond donors (Lipinski definition) is 1. The fourth-order valence-electron chi connectivity index (χ4n) is 3.71. The molecular weight excluding hydrogens is 376 g/mol. The molecule has 1 fully saturated rings. The summed E-state index contributed by atoms with van der Waals surface area (Å²) in [6.07, 6.45) is 4.15. The van der Waals surface area contributed by atoms with E-state index in [9.17, 15) is 4.79 Å². The number of nitrogens with zero attached hydrogens (tertiary/aromatic N) is 3. The van der Waals surface area contributed by atoms with Crippen molar-refractivity contribution in [2.45, 2.75) is 26.7 Å². The smallest absolute Gasteiger partial charge is 0.325 e. The number of anilines is 1. The number of benzene rings is 2. The summed E-state index contributed by atoms with van der Waals surface area (Å²) >= 11 is 0. The van der Waals surface area contributed by atoms with Crippen molar-refractivity contribution in [3.63, 3.8) is 0 Å². The van der Waals surface area contributed by atoms with E-state index in [1.807, 2.05) is 30.3 Å². The van der Waals surface area contributed by atoms with Gasteiger partial charge in [0.25, 0.3) is 0 Å². The van der Waals surface area contributed by atoms with E-state index in [0.717, 1.165) is 18.4 Å². The topological polar surface area (TPSA) is 71.3 Å². The summed E-state index contributed by atoms with van der Waals surface area (Å²) in [7, 11) is 0. The molecule has 1 unspecified atom stereocenters. The highest BCUT2D eigenvalue weighted by atomic mass is 16.4. The summed E-state index contributed by atoms with van der Waals surface area (Å²) in [6.45, 7) is 5.65. The van der Waals surface area contributed by atoms with Crippen molar-refractivity contribution in [1.82, 2.24) is 15.1 Å². The highest BCUT2D eigenvalue weighted by molar-refractivity contribution is 5.87. The zero-order chi connectivity index (χ0) is 20.9. The molecule has 6 nitrogen and oxygen atoms in total. The summed E-state index contributed by atoms with van der Waals surface area (Å²) in [4.78, 5) is 14.5. The predicted molar refractivity (Wildman–Crippen MR) is 118 cm³/mol. The molecule has 0 aliphatic carbocycles. The third kappa shape index (κ3) is 4.59. The van der Waals surface area contributed by atoms with Gasteiger partial charge in [0.1, 0.15) is 0 Å². The number of nitrogens with one attached hydrogen (secondary N) is 1. The van der Waals surface area contributed by atoms with Gasteiger partial charge < -0.3 is 9.32 Å². The summed E-state index contributed by atoms with van der Waals surface area (Å²) in [5, 5.41) is 10.7. The maximum absolute atomic E-state index is 12.7. The van der Waals surface area contributed by atoms with Crippen LogP contribution in [0.4, 0.5) is 10.8 Å². The third-order valence-corrected chi connectivity index (χ3v) is 5.46. The lowest BCUT2D eigenvalue weighted by atomic mass is 9.91. The van der Waals surface area contributed by atoms with Crippen LogP contribution in [0.3, 0.4) is 0 Å². The summed E-state index contributed by atoms with van der Waals surface area (Å²) < 4.78 is 5.59. The molecule has 2 heterocycles. The molecule has 0 bridgehead atoms. The second-order valence-corrected chi connectivity index (χ2v) is 7.62. The fraction of sp³-hybridized carbons (Fsp3) is 0.292. The van der Waals surface area contributed by atoms with E-state index in [4.69, 9.17) is 4.42 Å². The Balaban J connectivity index is 1.38. The SMILES string of the molecule is CCc1cccc(/C=C2\CCN(C(=O)Nc3nnc(-c4ccccc4)o3)CC2C)c1. The molecule has 4 rings (SSSR count). The van der Waals surface area contributed by atoms with E-state index in [-0.39, 0.29) is 18.0 Å². The van der Waals surface area contributed by atoms with Crippen LogP contribution in [-0.2, 0) is 6.42 Å². The van der Waals surface area contributed by atoms with Crippen LogP contribution >= 0.6 is 0 Å². The van der Waals surface area contributed by atoms with Crippen LogP contribution in [0.15, 0.2) is 64.6 Å². The van der Waals surface area contributed by atoms with Gasteiger partial charge in [0, 0.05) is 18.7 Å². The lowest BCUT2D eigenvalue weighted by Gasteiger charge is -2.32. The molecule has 1 aliphatic rings. The standard InChI is InChI=1S/C24H26N4O2/c1-3-18-8-7-9-19(14-18)15-21-12-13-28(16-17(21)2)24(29)25-23-27-26-22(30-23)20-10-5-4-6-11-20/h4-11,14-15,17H,3,12-13,16H2,1-2H3,(H,25,27,29)/b21-15+.